The molecule has 92 valence electrons. The molecule has 0 heterocycles. The van der Waals surface area contributed by atoms with Crippen molar-refractivity contribution in [3.63, 3.8) is 0 Å². The van der Waals surface area contributed by atoms with E-state index < -0.39 is 0 Å². The van der Waals surface area contributed by atoms with Gasteiger partial charge in [0.2, 0.25) is 0 Å². The first-order valence-electron chi connectivity index (χ1n) is 6.58. The van der Waals surface area contributed by atoms with Crippen molar-refractivity contribution in [2.24, 2.45) is 0 Å². The lowest BCUT2D eigenvalue weighted by atomic mass is 10.1. The summed E-state index contributed by atoms with van der Waals surface area (Å²) in [4.78, 5) is 2.32. The summed E-state index contributed by atoms with van der Waals surface area (Å²) in [6.45, 7) is 9.58. The molecule has 0 saturated heterocycles. The first-order chi connectivity index (χ1) is 7.77. The Kier molecular flexibility index (Phi) is 8.69. The Morgan fingerprint density at radius 2 is 1.56 bits per heavy atom. The zero-order valence-electron chi connectivity index (χ0n) is 11.6. The molecule has 0 unspecified atom stereocenters. The van der Waals surface area contributed by atoms with Gasteiger partial charge in [0, 0.05) is 19.3 Å². The van der Waals surface area contributed by atoms with Gasteiger partial charge in [-0.2, -0.15) is 0 Å². The molecule has 1 heteroatoms. The van der Waals surface area contributed by atoms with E-state index in [0.717, 1.165) is 13.0 Å². The number of aryl methyl sites for hydroxylation is 1. The lowest BCUT2D eigenvalue weighted by Gasteiger charge is -2.19. The molecule has 0 aliphatic heterocycles. The topological polar surface area (TPSA) is 3.24 Å². The Morgan fingerprint density at radius 1 is 1.00 bits per heavy atom. The molecule has 0 aliphatic rings. The Balaban J connectivity index is 0.00000106. The maximum Gasteiger partial charge on any atom is 0.0363 e. The SMILES string of the molecule is CC.CCCCN(C)c1ccc(CC)cc1. The summed E-state index contributed by atoms with van der Waals surface area (Å²) in [5.41, 5.74) is 2.74. The second kappa shape index (κ2) is 9.26. The molecule has 16 heavy (non-hydrogen) atoms. The summed E-state index contributed by atoms with van der Waals surface area (Å²) in [6.07, 6.45) is 3.66. The van der Waals surface area contributed by atoms with Gasteiger partial charge in [-0.25, -0.2) is 0 Å². The van der Waals surface area contributed by atoms with Crippen LogP contribution in [0.25, 0.3) is 0 Å². The third-order valence-electron chi connectivity index (χ3n) is 2.63. The fourth-order valence-corrected chi connectivity index (χ4v) is 1.51. The largest absolute Gasteiger partial charge is 0.375 e. The Hall–Kier alpha value is -0.980. The second-order valence-corrected chi connectivity index (χ2v) is 3.80. The highest BCUT2D eigenvalue weighted by atomic mass is 15.1. The number of hydrogen-bond acceptors (Lipinski definition) is 1. The van der Waals surface area contributed by atoms with E-state index in [-0.39, 0.29) is 0 Å². The van der Waals surface area contributed by atoms with Gasteiger partial charge < -0.3 is 4.90 Å². The Morgan fingerprint density at radius 3 is 2.00 bits per heavy atom. The van der Waals surface area contributed by atoms with Crippen molar-refractivity contribution in [1.29, 1.82) is 0 Å². The molecule has 1 aromatic rings. The van der Waals surface area contributed by atoms with Gasteiger partial charge in [-0.05, 0) is 30.5 Å². The predicted molar refractivity (Wildman–Crippen MR) is 75.3 cm³/mol. The second-order valence-electron chi connectivity index (χ2n) is 3.80. The van der Waals surface area contributed by atoms with Crippen LogP contribution in [-0.2, 0) is 6.42 Å². The van der Waals surface area contributed by atoms with Gasteiger partial charge in [0.05, 0.1) is 0 Å². The fourth-order valence-electron chi connectivity index (χ4n) is 1.51. The van der Waals surface area contributed by atoms with Crippen molar-refractivity contribution in [3.05, 3.63) is 29.8 Å². The normalized spacial score (nSPS) is 9.31. The quantitative estimate of drug-likeness (QED) is 0.707. The summed E-state index contributed by atoms with van der Waals surface area (Å²) < 4.78 is 0. The number of anilines is 1. The Bertz CT molecular complexity index is 251. The van der Waals surface area contributed by atoms with E-state index in [9.17, 15) is 0 Å². The number of benzene rings is 1. The molecule has 0 atom stereocenters. The molecule has 0 radical (unpaired) electrons. The summed E-state index contributed by atoms with van der Waals surface area (Å²) >= 11 is 0. The molecule has 0 amide bonds. The highest BCUT2D eigenvalue weighted by molar-refractivity contribution is 5.46. The van der Waals surface area contributed by atoms with E-state index in [1.54, 1.807) is 0 Å². The molecule has 0 fully saturated rings. The molecule has 1 rings (SSSR count). The summed E-state index contributed by atoms with van der Waals surface area (Å²) in [7, 11) is 2.16. The summed E-state index contributed by atoms with van der Waals surface area (Å²) in [5.74, 6) is 0. The van der Waals surface area contributed by atoms with Crippen molar-refractivity contribution in [2.45, 2.75) is 47.0 Å². The molecule has 0 spiro atoms. The van der Waals surface area contributed by atoms with Gasteiger partial charge in [0.25, 0.3) is 0 Å². The van der Waals surface area contributed by atoms with Crippen LogP contribution in [0.3, 0.4) is 0 Å². The van der Waals surface area contributed by atoms with Gasteiger partial charge in [-0.3, -0.25) is 0 Å². The van der Waals surface area contributed by atoms with Crippen LogP contribution in [0.5, 0.6) is 0 Å². The summed E-state index contributed by atoms with van der Waals surface area (Å²) in [5, 5.41) is 0. The predicted octanol–water partition coefficient (Wildman–Crippen LogP) is 4.51. The maximum atomic E-state index is 2.32. The fraction of sp³-hybridized carbons (Fsp3) is 0.600. The van der Waals surface area contributed by atoms with Crippen LogP contribution >= 0.6 is 0 Å². The van der Waals surface area contributed by atoms with Crippen LogP contribution in [0.4, 0.5) is 5.69 Å². The van der Waals surface area contributed by atoms with Crippen LogP contribution in [0.1, 0.15) is 46.1 Å². The monoisotopic (exact) mass is 221 g/mol. The lowest BCUT2D eigenvalue weighted by Crippen LogP contribution is -2.17. The van der Waals surface area contributed by atoms with E-state index in [4.69, 9.17) is 0 Å². The van der Waals surface area contributed by atoms with Gasteiger partial charge in [-0.1, -0.05) is 46.2 Å². The highest BCUT2D eigenvalue weighted by Crippen LogP contribution is 2.14. The van der Waals surface area contributed by atoms with E-state index >= 15 is 0 Å². The number of nitrogens with zero attached hydrogens (tertiary/aromatic N) is 1. The molecule has 0 aliphatic carbocycles. The van der Waals surface area contributed by atoms with Crippen molar-refractivity contribution in [2.75, 3.05) is 18.5 Å². The smallest absolute Gasteiger partial charge is 0.0363 e. The van der Waals surface area contributed by atoms with Gasteiger partial charge in [0.1, 0.15) is 0 Å². The van der Waals surface area contributed by atoms with E-state index in [1.807, 2.05) is 13.8 Å². The minimum absolute atomic E-state index is 1.12. The number of hydrogen-bond donors (Lipinski definition) is 0. The number of unbranched alkanes of at least 4 members (excludes halogenated alkanes) is 1. The molecule has 1 aromatic carbocycles. The third kappa shape index (κ3) is 5.20. The van der Waals surface area contributed by atoms with Gasteiger partial charge >= 0.3 is 0 Å². The highest BCUT2D eigenvalue weighted by Gasteiger charge is 1.98. The van der Waals surface area contributed by atoms with Crippen molar-refractivity contribution < 1.29 is 0 Å². The molecule has 0 N–H and O–H groups in total. The van der Waals surface area contributed by atoms with E-state index in [0.29, 0.717) is 0 Å². The van der Waals surface area contributed by atoms with Crippen molar-refractivity contribution in [1.82, 2.24) is 0 Å². The van der Waals surface area contributed by atoms with Crippen molar-refractivity contribution >= 4 is 5.69 Å². The average molecular weight is 221 g/mol. The molecular formula is C15H27N. The average Bonchev–Trinajstić information content (AvgIpc) is 2.38. The van der Waals surface area contributed by atoms with Crippen molar-refractivity contribution in [3.8, 4) is 0 Å². The molecule has 0 aromatic heterocycles. The lowest BCUT2D eigenvalue weighted by molar-refractivity contribution is 0.766. The number of rotatable bonds is 5. The van der Waals surface area contributed by atoms with E-state index in [2.05, 4.69) is 50.1 Å². The third-order valence-corrected chi connectivity index (χ3v) is 2.63. The molecule has 0 bridgehead atoms. The molecule has 1 nitrogen and oxygen atoms in total. The van der Waals surface area contributed by atoms with Crippen LogP contribution in [0.15, 0.2) is 24.3 Å². The van der Waals surface area contributed by atoms with Gasteiger partial charge in [0.15, 0.2) is 0 Å². The van der Waals surface area contributed by atoms with Crippen LogP contribution < -0.4 is 4.90 Å². The minimum atomic E-state index is 1.12. The van der Waals surface area contributed by atoms with Crippen LogP contribution in [-0.4, -0.2) is 13.6 Å². The first-order valence-corrected chi connectivity index (χ1v) is 6.58. The van der Waals surface area contributed by atoms with Gasteiger partial charge in [-0.15, -0.1) is 0 Å². The summed E-state index contributed by atoms with van der Waals surface area (Å²) in [6, 6.07) is 8.87. The first kappa shape index (κ1) is 15.0. The zero-order chi connectivity index (χ0) is 12.4. The molecular weight excluding hydrogens is 194 g/mol. The van der Waals surface area contributed by atoms with Crippen LogP contribution in [0, 0.1) is 0 Å². The standard InChI is InChI=1S/C13H21N.C2H6/c1-4-6-11-14(3)13-9-7-12(5-2)8-10-13;1-2/h7-10H,4-6,11H2,1-3H3;1-2H3. The van der Waals surface area contributed by atoms with Crippen LogP contribution in [0.2, 0.25) is 0 Å². The maximum absolute atomic E-state index is 2.32. The molecule has 0 saturated carbocycles. The minimum Gasteiger partial charge on any atom is -0.375 e. The van der Waals surface area contributed by atoms with E-state index in [1.165, 1.54) is 24.1 Å². The zero-order valence-corrected chi connectivity index (χ0v) is 11.6. The Labute approximate surface area is 101 Å².